The average molecular weight is 509 g/mol. The second-order valence-corrected chi connectivity index (χ2v) is 12.9. The summed E-state index contributed by atoms with van der Waals surface area (Å²) in [5.41, 5.74) is 0. The molecule has 6 heteroatoms. The molecule has 1 N–H and O–H groups in total. The molecule has 3 rings (SSSR count). The third-order valence-electron chi connectivity index (χ3n) is 8.28. The number of rotatable bonds is 16. The number of benzene rings is 1. The molecular weight excluding hydrogens is 460 g/mol. The van der Waals surface area contributed by atoms with E-state index >= 15 is 0 Å². The molecule has 1 heterocycles. The van der Waals surface area contributed by atoms with Gasteiger partial charge in [-0.1, -0.05) is 95.8 Å². The molecule has 1 saturated carbocycles. The molecule has 1 saturated heterocycles. The van der Waals surface area contributed by atoms with Crippen molar-refractivity contribution in [3.63, 3.8) is 0 Å². The van der Waals surface area contributed by atoms with Crippen LogP contribution in [0.2, 0.25) is 0 Å². The van der Waals surface area contributed by atoms with Gasteiger partial charge < -0.3 is 14.6 Å². The van der Waals surface area contributed by atoms with Crippen LogP contribution in [0.4, 0.5) is 0 Å². The van der Waals surface area contributed by atoms with Gasteiger partial charge in [-0.2, -0.15) is 0 Å². The maximum absolute atomic E-state index is 14.2. The van der Waals surface area contributed by atoms with Crippen LogP contribution in [0.15, 0.2) is 35.2 Å². The van der Waals surface area contributed by atoms with Crippen molar-refractivity contribution >= 4 is 9.84 Å². The van der Waals surface area contributed by atoms with Gasteiger partial charge in [0.1, 0.15) is 10.9 Å². The SMILES string of the molecule is CC1CC[C@@H]2OCCOC2C1(CCCCCCCCCCCCCCO)S(=O)(=O)c1ccccc1. The summed E-state index contributed by atoms with van der Waals surface area (Å²) >= 11 is 0. The van der Waals surface area contributed by atoms with E-state index in [1.165, 1.54) is 44.9 Å². The first-order chi connectivity index (χ1) is 17.0. The summed E-state index contributed by atoms with van der Waals surface area (Å²) in [5.74, 6) is 0.0352. The average Bonchev–Trinajstić information content (AvgIpc) is 2.88. The fourth-order valence-corrected chi connectivity index (χ4v) is 8.78. The van der Waals surface area contributed by atoms with E-state index < -0.39 is 14.6 Å². The molecule has 0 aromatic heterocycles. The highest BCUT2D eigenvalue weighted by atomic mass is 32.2. The molecule has 0 spiro atoms. The maximum Gasteiger partial charge on any atom is 0.186 e. The van der Waals surface area contributed by atoms with Crippen molar-refractivity contribution in [2.24, 2.45) is 5.92 Å². The van der Waals surface area contributed by atoms with Gasteiger partial charge in [-0.3, -0.25) is 0 Å². The molecule has 4 atom stereocenters. The monoisotopic (exact) mass is 508 g/mol. The van der Waals surface area contributed by atoms with E-state index in [2.05, 4.69) is 6.92 Å². The quantitative estimate of drug-likeness (QED) is 0.259. The summed E-state index contributed by atoms with van der Waals surface area (Å²) in [4.78, 5) is 0.415. The molecular formula is C29H48O5S. The van der Waals surface area contributed by atoms with Crippen molar-refractivity contribution in [1.29, 1.82) is 0 Å². The second kappa shape index (κ2) is 14.7. The van der Waals surface area contributed by atoms with E-state index in [4.69, 9.17) is 14.6 Å². The predicted molar refractivity (Wildman–Crippen MR) is 141 cm³/mol. The van der Waals surface area contributed by atoms with Crippen molar-refractivity contribution < 1.29 is 23.0 Å². The Labute approximate surface area is 213 Å². The number of ether oxygens (including phenoxy) is 2. The number of hydrogen-bond donors (Lipinski definition) is 1. The van der Waals surface area contributed by atoms with Gasteiger partial charge in [-0.25, -0.2) is 8.42 Å². The van der Waals surface area contributed by atoms with Gasteiger partial charge >= 0.3 is 0 Å². The third-order valence-corrected chi connectivity index (χ3v) is 11.0. The van der Waals surface area contributed by atoms with Gasteiger partial charge in [-0.05, 0) is 43.7 Å². The molecule has 2 aliphatic rings. The van der Waals surface area contributed by atoms with Gasteiger partial charge in [-0.15, -0.1) is 0 Å². The number of unbranched alkanes of at least 4 members (excludes halogenated alkanes) is 11. The normalized spacial score (nSPS) is 27.0. The van der Waals surface area contributed by atoms with Crippen LogP contribution in [0.1, 0.15) is 103 Å². The van der Waals surface area contributed by atoms with Crippen LogP contribution in [0, 0.1) is 5.92 Å². The Morgan fingerprint density at radius 2 is 1.34 bits per heavy atom. The van der Waals surface area contributed by atoms with Gasteiger partial charge in [0.15, 0.2) is 9.84 Å². The van der Waals surface area contributed by atoms with Crippen LogP contribution in [0.25, 0.3) is 0 Å². The van der Waals surface area contributed by atoms with Gasteiger partial charge in [0.2, 0.25) is 0 Å². The van der Waals surface area contributed by atoms with E-state index in [0.29, 0.717) is 31.1 Å². The van der Waals surface area contributed by atoms with Crippen LogP contribution >= 0.6 is 0 Å². The van der Waals surface area contributed by atoms with Crippen LogP contribution in [0.3, 0.4) is 0 Å². The molecule has 0 bridgehead atoms. The Kier molecular flexibility index (Phi) is 12.0. The van der Waals surface area contributed by atoms with Crippen LogP contribution in [0.5, 0.6) is 0 Å². The number of hydrogen-bond acceptors (Lipinski definition) is 5. The van der Waals surface area contributed by atoms with Crippen LogP contribution < -0.4 is 0 Å². The topological polar surface area (TPSA) is 72.8 Å². The Balaban J connectivity index is 1.52. The van der Waals surface area contributed by atoms with Crippen LogP contribution in [-0.4, -0.2) is 50.3 Å². The molecule has 3 unspecified atom stereocenters. The molecule has 2 fully saturated rings. The number of aliphatic hydroxyl groups is 1. The van der Waals surface area contributed by atoms with E-state index in [9.17, 15) is 8.42 Å². The first kappa shape index (κ1) is 28.6. The first-order valence-corrected chi connectivity index (χ1v) is 15.7. The Morgan fingerprint density at radius 1 is 0.800 bits per heavy atom. The van der Waals surface area contributed by atoms with Crippen molar-refractivity contribution in [2.45, 2.75) is 125 Å². The number of aliphatic hydroxyl groups excluding tert-OH is 1. The molecule has 0 radical (unpaired) electrons. The van der Waals surface area contributed by atoms with E-state index in [1.807, 2.05) is 18.2 Å². The molecule has 1 aromatic rings. The lowest BCUT2D eigenvalue weighted by molar-refractivity contribution is -0.177. The summed E-state index contributed by atoms with van der Waals surface area (Å²) in [5, 5.41) is 8.83. The Hall–Kier alpha value is -0.950. The van der Waals surface area contributed by atoms with Gasteiger partial charge in [0.05, 0.1) is 24.2 Å². The highest BCUT2D eigenvalue weighted by molar-refractivity contribution is 7.93. The lowest BCUT2D eigenvalue weighted by Gasteiger charge is -2.52. The highest BCUT2D eigenvalue weighted by Gasteiger charge is 2.60. The number of fused-ring (bicyclic) bond motifs is 1. The third kappa shape index (κ3) is 7.30. The zero-order valence-corrected chi connectivity index (χ0v) is 22.7. The maximum atomic E-state index is 14.2. The van der Waals surface area contributed by atoms with E-state index in [0.717, 1.165) is 44.9 Å². The summed E-state index contributed by atoms with van der Waals surface area (Å²) in [6.07, 6.45) is 16.0. The van der Waals surface area contributed by atoms with Crippen LogP contribution in [-0.2, 0) is 19.3 Å². The minimum absolute atomic E-state index is 0.0352. The van der Waals surface area contributed by atoms with Gasteiger partial charge in [0, 0.05) is 6.61 Å². The largest absolute Gasteiger partial charge is 0.396 e. The van der Waals surface area contributed by atoms with Gasteiger partial charge in [0.25, 0.3) is 0 Å². The molecule has 5 nitrogen and oxygen atoms in total. The summed E-state index contributed by atoms with van der Waals surface area (Å²) in [7, 11) is -3.58. The van der Waals surface area contributed by atoms with Crippen molar-refractivity contribution in [3.05, 3.63) is 30.3 Å². The summed E-state index contributed by atoms with van der Waals surface area (Å²) in [6, 6.07) is 8.99. The molecule has 200 valence electrons. The fraction of sp³-hybridized carbons (Fsp3) is 0.793. The minimum atomic E-state index is -3.58. The smallest absolute Gasteiger partial charge is 0.186 e. The Morgan fingerprint density at radius 3 is 1.94 bits per heavy atom. The van der Waals surface area contributed by atoms with Crippen molar-refractivity contribution in [1.82, 2.24) is 0 Å². The minimum Gasteiger partial charge on any atom is -0.396 e. The zero-order chi connectivity index (χ0) is 25.0. The first-order valence-electron chi connectivity index (χ1n) is 14.2. The molecule has 0 amide bonds. The van der Waals surface area contributed by atoms with E-state index in [1.54, 1.807) is 12.1 Å². The van der Waals surface area contributed by atoms with Crippen molar-refractivity contribution in [2.75, 3.05) is 19.8 Å². The summed E-state index contributed by atoms with van der Waals surface area (Å²) in [6.45, 7) is 3.46. The lowest BCUT2D eigenvalue weighted by atomic mass is 9.73. The zero-order valence-electron chi connectivity index (χ0n) is 21.8. The standard InChI is InChI=1S/C29H48O5S/c1-25-19-20-27-28(34-24-23-33-27)29(25,35(31,32)26-17-13-12-14-18-26)21-15-10-8-6-4-2-3-5-7-9-11-16-22-30/h12-14,17-18,25,27-28,30H,2-11,15-16,19-24H2,1H3/t25?,27-,28?,29?/m0/s1. The van der Waals surface area contributed by atoms with Crippen molar-refractivity contribution in [3.8, 4) is 0 Å². The number of sulfone groups is 1. The fourth-order valence-electron chi connectivity index (χ4n) is 6.24. The molecule has 35 heavy (non-hydrogen) atoms. The lowest BCUT2D eigenvalue weighted by Crippen LogP contribution is -2.64. The molecule has 1 aliphatic carbocycles. The second-order valence-electron chi connectivity index (χ2n) is 10.7. The Bertz CT molecular complexity index is 812. The predicted octanol–water partition coefficient (Wildman–Crippen LogP) is 6.48. The summed E-state index contributed by atoms with van der Waals surface area (Å²) < 4.78 is 39.7. The molecule has 1 aliphatic heterocycles. The van der Waals surface area contributed by atoms with E-state index in [-0.39, 0.29) is 18.1 Å². The highest BCUT2D eigenvalue weighted by Crippen LogP contribution is 2.49. The molecule has 1 aromatic carbocycles.